The molecule has 2 atom stereocenters. The smallest absolute Gasteiger partial charge is 0.368 e. The first-order chi connectivity index (χ1) is 8.64. The molecule has 1 unspecified atom stereocenters. The zero-order valence-corrected chi connectivity index (χ0v) is 9.34. The van der Waals surface area contributed by atoms with E-state index >= 15 is 0 Å². The van der Waals surface area contributed by atoms with Crippen LogP contribution in [0.25, 0.3) is 0 Å². The number of nitrogens with zero attached hydrogens (tertiary/aromatic N) is 2. The lowest BCUT2D eigenvalue weighted by Gasteiger charge is -2.14. The van der Waals surface area contributed by atoms with Crippen molar-refractivity contribution in [3.8, 4) is 0 Å². The zero-order chi connectivity index (χ0) is 14.2. The van der Waals surface area contributed by atoms with Crippen LogP contribution in [0.15, 0.2) is 0 Å². The number of primary amides is 1. The number of fused-ring (bicyclic) bond motifs is 3. The maximum atomic E-state index is 13.9. The minimum Gasteiger partial charge on any atom is -0.368 e. The Balaban J connectivity index is 2.19. The summed E-state index contributed by atoms with van der Waals surface area (Å²) in [6, 6.07) is 0. The average Bonchev–Trinajstić information content (AvgIpc) is 2.87. The first-order valence-electron chi connectivity index (χ1n) is 5.48. The molecule has 1 aromatic rings. The van der Waals surface area contributed by atoms with Crippen molar-refractivity contribution in [1.82, 2.24) is 9.78 Å². The Morgan fingerprint density at radius 2 is 2.11 bits per heavy atom. The van der Waals surface area contributed by atoms with E-state index in [1.165, 1.54) is 0 Å². The highest BCUT2D eigenvalue weighted by atomic mass is 19.4. The first kappa shape index (κ1) is 12.4. The average molecular weight is 281 g/mol. The molecule has 0 bridgehead atoms. The minimum absolute atomic E-state index is 0.0192. The Hall–Kier alpha value is -1.67. The molecule has 1 heterocycles. The lowest BCUT2D eigenvalue weighted by molar-refractivity contribution is -0.142. The van der Waals surface area contributed by atoms with Crippen LogP contribution in [0, 0.1) is 5.92 Å². The largest absolute Gasteiger partial charge is 0.435 e. The second-order valence-corrected chi connectivity index (χ2v) is 4.80. The molecule has 104 valence electrons. The van der Waals surface area contributed by atoms with Gasteiger partial charge in [0.1, 0.15) is 12.2 Å². The Labute approximate surface area is 103 Å². The van der Waals surface area contributed by atoms with Gasteiger partial charge < -0.3 is 5.73 Å². The monoisotopic (exact) mass is 281 g/mol. The number of hydrogen-bond acceptors (Lipinski definition) is 2. The molecule has 2 aliphatic carbocycles. The molecule has 4 nitrogen and oxygen atoms in total. The van der Waals surface area contributed by atoms with Crippen LogP contribution in [0.5, 0.6) is 0 Å². The minimum atomic E-state index is -4.82. The van der Waals surface area contributed by atoms with Crippen LogP contribution in [0.3, 0.4) is 0 Å². The third kappa shape index (κ3) is 1.56. The van der Waals surface area contributed by atoms with Crippen LogP contribution in [0.2, 0.25) is 0 Å². The highest BCUT2D eigenvalue weighted by Gasteiger charge is 2.68. The summed E-state index contributed by atoms with van der Waals surface area (Å²) < 4.78 is 66.6. The standard InChI is InChI=1S/C10H8F5N3O/c11-9(12)4-1-3(4)6-7(10(13,14)15)17-18(8(6)9)2-5(16)19/h3-4H,1-2H2,(H2,16,19)/t3?,4-/m1/s1. The van der Waals surface area contributed by atoms with Gasteiger partial charge in [-0.3, -0.25) is 9.48 Å². The predicted molar refractivity (Wildman–Crippen MR) is 51.2 cm³/mol. The Morgan fingerprint density at radius 1 is 1.47 bits per heavy atom. The van der Waals surface area contributed by atoms with E-state index in [1.807, 2.05) is 0 Å². The van der Waals surface area contributed by atoms with Gasteiger partial charge in [-0.25, -0.2) is 0 Å². The van der Waals surface area contributed by atoms with Gasteiger partial charge in [0.05, 0.1) is 0 Å². The fourth-order valence-corrected chi connectivity index (χ4v) is 2.74. The van der Waals surface area contributed by atoms with Crippen molar-refractivity contribution in [3.63, 3.8) is 0 Å². The van der Waals surface area contributed by atoms with Gasteiger partial charge in [-0.15, -0.1) is 0 Å². The Bertz CT molecular complexity index is 576. The lowest BCUT2D eigenvalue weighted by Crippen LogP contribution is -2.26. The molecule has 0 aliphatic heterocycles. The van der Waals surface area contributed by atoms with E-state index in [-0.39, 0.29) is 6.42 Å². The van der Waals surface area contributed by atoms with Crippen LogP contribution in [-0.4, -0.2) is 15.7 Å². The molecular formula is C10H8F5N3O. The molecule has 0 spiro atoms. The van der Waals surface area contributed by atoms with Crippen molar-refractivity contribution < 1.29 is 26.7 Å². The number of halogens is 5. The fourth-order valence-electron chi connectivity index (χ4n) is 2.74. The second-order valence-electron chi connectivity index (χ2n) is 4.80. The van der Waals surface area contributed by atoms with Gasteiger partial charge >= 0.3 is 6.18 Å². The quantitative estimate of drug-likeness (QED) is 0.837. The molecule has 1 saturated carbocycles. The Morgan fingerprint density at radius 3 is 2.63 bits per heavy atom. The third-order valence-electron chi connectivity index (χ3n) is 3.51. The van der Waals surface area contributed by atoms with E-state index in [0.717, 1.165) is 0 Å². The van der Waals surface area contributed by atoms with Crippen molar-refractivity contribution in [2.24, 2.45) is 11.7 Å². The summed E-state index contributed by atoms with van der Waals surface area (Å²) in [4.78, 5) is 10.8. The predicted octanol–water partition coefficient (Wildman–Crippen LogP) is 1.60. The van der Waals surface area contributed by atoms with Gasteiger partial charge in [0, 0.05) is 11.5 Å². The van der Waals surface area contributed by atoms with Gasteiger partial charge in [0.25, 0.3) is 5.92 Å². The number of amides is 1. The number of aromatic nitrogens is 2. The number of rotatable bonds is 2. The summed E-state index contributed by atoms with van der Waals surface area (Å²) in [5.74, 6) is -6.33. The van der Waals surface area contributed by atoms with Crippen molar-refractivity contribution in [2.45, 2.75) is 31.0 Å². The van der Waals surface area contributed by atoms with Gasteiger partial charge in [-0.1, -0.05) is 0 Å². The maximum Gasteiger partial charge on any atom is 0.435 e. The van der Waals surface area contributed by atoms with E-state index in [1.54, 1.807) is 0 Å². The van der Waals surface area contributed by atoms with Gasteiger partial charge in [-0.2, -0.15) is 27.1 Å². The molecule has 9 heteroatoms. The summed E-state index contributed by atoms with van der Waals surface area (Å²) in [7, 11) is 0. The molecular weight excluding hydrogens is 273 g/mol. The van der Waals surface area contributed by atoms with Crippen molar-refractivity contribution >= 4 is 5.91 Å². The highest BCUT2D eigenvalue weighted by Crippen LogP contribution is 2.68. The maximum absolute atomic E-state index is 13.9. The van der Waals surface area contributed by atoms with Gasteiger partial charge in [0.15, 0.2) is 5.69 Å². The normalized spacial score (nSPS) is 27.0. The number of carbonyl (C=O) groups is 1. The molecule has 2 N–H and O–H groups in total. The molecule has 0 aromatic carbocycles. The zero-order valence-electron chi connectivity index (χ0n) is 9.34. The second kappa shape index (κ2) is 3.26. The van der Waals surface area contributed by atoms with E-state index in [0.29, 0.717) is 4.68 Å². The molecule has 1 amide bonds. The molecule has 3 rings (SSSR count). The Kier molecular flexibility index (Phi) is 2.12. The first-order valence-corrected chi connectivity index (χ1v) is 5.48. The number of nitrogens with two attached hydrogens (primary N) is 1. The number of carbonyl (C=O) groups excluding carboxylic acids is 1. The topological polar surface area (TPSA) is 60.9 Å². The summed E-state index contributed by atoms with van der Waals surface area (Å²) >= 11 is 0. The fraction of sp³-hybridized carbons (Fsp3) is 0.600. The van der Waals surface area contributed by atoms with Crippen molar-refractivity contribution in [3.05, 3.63) is 17.0 Å². The summed E-state index contributed by atoms with van der Waals surface area (Å²) in [5, 5.41) is 3.13. The van der Waals surface area contributed by atoms with Gasteiger partial charge in [0.2, 0.25) is 5.91 Å². The van der Waals surface area contributed by atoms with E-state index < -0.39 is 53.3 Å². The number of alkyl halides is 5. The molecule has 19 heavy (non-hydrogen) atoms. The van der Waals surface area contributed by atoms with Crippen molar-refractivity contribution in [2.75, 3.05) is 0 Å². The van der Waals surface area contributed by atoms with Crippen LogP contribution < -0.4 is 5.73 Å². The van der Waals surface area contributed by atoms with E-state index in [4.69, 9.17) is 5.73 Å². The van der Waals surface area contributed by atoms with Crippen molar-refractivity contribution in [1.29, 1.82) is 0 Å². The van der Waals surface area contributed by atoms with Gasteiger partial charge in [-0.05, 0) is 12.3 Å². The summed E-state index contributed by atoms with van der Waals surface area (Å²) in [6.45, 7) is -0.784. The van der Waals surface area contributed by atoms with Crippen LogP contribution in [0.4, 0.5) is 22.0 Å². The third-order valence-corrected chi connectivity index (χ3v) is 3.51. The summed E-state index contributed by atoms with van der Waals surface area (Å²) in [5.41, 5.74) is 2.25. The van der Waals surface area contributed by atoms with Crippen LogP contribution in [0.1, 0.15) is 29.3 Å². The molecule has 2 aliphatic rings. The molecule has 0 saturated heterocycles. The molecule has 1 fully saturated rings. The highest BCUT2D eigenvalue weighted by molar-refractivity contribution is 5.73. The number of hydrogen-bond donors (Lipinski definition) is 1. The molecule has 1 aromatic heterocycles. The SMILES string of the molecule is NC(=O)Cn1nc(C(F)(F)F)c2c1C(F)(F)[C@@H]1CC21. The van der Waals surface area contributed by atoms with E-state index in [9.17, 15) is 26.7 Å². The van der Waals surface area contributed by atoms with E-state index in [2.05, 4.69) is 5.10 Å². The van der Waals surface area contributed by atoms with Crippen LogP contribution >= 0.6 is 0 Å². The summed E-state index contributed by atoms with van der Waals surface area (Å²) in [6.07, 6.45) is -4.80. The molecule has 0 radical (unpaired) electrons. The lowest BCUT2D eigenvalue weighted by atomic mass is 10.1. The van der Waals surface area contributed by atoms with Crippen LogP contribution in [-0.2, 0) is 23.4 Å².